The quantitative estimate of drug-likeness (QED) is 0.896. The molecule has 1 aromatic rings. The number of hydrogen-bond donors (Lipinski definition) is 1. The van der Waals surface area contributed by atoms with Gasteiger partial charge in [-0.2, -0.15) is 0 Å². The van der Waals surface area contributed by atoms with Crippen molar-refractivity contribution in [2.75, 3.05) is 20.3 Å². The van der Waals surface area contributed by atoms with Gasteiger partial charge in [-0.25, -0.2) is 0 Å². The molecule has 1 aromatic carbocycles. The highest BCUT2D eigenvalue weighted by molar-refractivity contribution is 9.10. The predicted octanol–water partition coefficient (Wildman–Crippen LogP) is 3.36. The number of methoxy groups -OCH3 is 1. The van der Waals surface area contributed by atoms with Crippen molar-refractivity contribution in [2.24, 2.45) is 0 Å². The zero-order chi connectivity index (χ0) is 12.1. The minimum atomic E-state index is 0.278. The summed E-state index contributed by atoms with van der Waals surface area (Å²) < 4.78 is 6.44. The van der Waals surface area contributed by atoms with E-state index in [1.165, 1.54) is 21.2 Å². The molecular formula is C13H20BrNO. The molecule has 2 nitrogen and oxygen atoms in total. The summed E-state index contributed by atoms with van der Waals surface area (Å²) in [5.41, 5.74) is 3.84. The van der Waals surface area contributed by atoms with E-state index in [-0.39, 0.29) is 6.04 Å². The highest BCUT2D eigenvalue weighted by Crippen LogP contribution is 2.25. The highest BCUT2D eigenvalue weighted by atomic mass is 79.9. The van der Waals surface area contributed by atoms with E-state index in [0.29, 0.717) is 6.61 Å². The van der Waals surface area contributed by atoms with Crippen LogP contribution in [-0.2, 0) is 4.74 Å². The lowest BCUT2D eigenvalue weighted by atomic mass is 10.0. The number of halogens is 1. The van der Waals surface area contributed by atoms with Gasteiger partial charge in [-0.3, -0.25) is 0 Å². The summed E-state index contributed by atoms with van der Waals surface area (Å²) in [6.07, 6.45) is 0. The van der Waals surface area contributed by atoms with Crippen molar-refractivity contribution in [2.45, 2.75) is 26.8 Å². The average Bonchev–Trinajstić information content (AvgIpc) is 2.25. The van der Waals surface area contributed by atoms with Crippen molar-refractivity contribution >= 4 is 15.9 Å². The van der Waals surface area contributed by atoms with Crippen LogP contribution in [-0.4, -0.2) is 20.3 Å². The molecule has 16 heavy (non-hydrogen) atoms. The molecule has 0 aliphatic carbocycles. The number of aryl methyl sites for hydroxylation is 2. The summed E-state index contributed by atoms with van der Waals surface area (Å²) in [6, 6.07) is 4.70. The Labute approximate surface area is 107 Å². The monoisotopic (exact) mass is 285 g/mol. The van der Waals surface area contributed by atoms with Crippen molar-refractivity contribution < 1.29 is 4.74 Å². The predicted molar refractivity (Wildman–Crippen MR) is 71.9 cm³/mol. The van der Waals surface area contributed by atoms with Gasteiger partial charge in [0.25, 0.3) is 0 Å². The third kappa shape index (κ3) is 3.30. The van der Waals surface area contributed by atoms with Crippen LogP contribution >= 0.6 is 15.9 Å². The van der Waals surface area contributed by atoms with E-state index in [4.69, 9.17) is 4.74 Å². The van der Waals surface area contributed by atoms with E-state index in [2.05, 4.69) is 54.2 Å². The Morgan fingerprint density at radius 1 is 1.31 bits per heavy atom. The summed E-state index contributed by atoms with van der Waals surface area (Å²) >= 11 is 3.59. The van der Waals surface area contributed by atoms with Gasteiger partial charge in [0.15, 0.2) is 0 Å². The van der Waals surface area contributed by atoms with E-state index in [1.807, 2.05) is 0 Å². The van der Waals surface area contributed by atoms with Gasteiger partial charge in [0.2, 0.25) is 0 Å². The Hall–Kier alpha value is -0.380. The molecular weight excluding hydrogens is 266 g/mol. The number of benzene rings is 1. The number of ether oxygens (including phenoxy) is 1. The SMILES string of the molecule is CCNC(COC)c1cc(C)c(Br)c(C)c1. The Morgan fingerprint density at radius 3 is 2.31 bits per heavy atom. The molecule has 0 saturated carbocycles. The van der Waals surface area contributed by atoms with E-state index < -0.39 is 0 Å². The summed E-state index contributed by atoms with van der Waals surface area (Å²) in [6.45, 7) is 8.00. The van der Waals surface area contributed by atoms with Crippen LogP contribution in [0.2, 0.25) is 0 Å². The summed E-state index contributed by atoms with van der Waals surface area (Å²) in [7, 11) is 1.74. The number of nitrogens with one attached hydrogen (secondary N) is 1. The van der Waals surface area contributed by atoms with Crippen LogP contribution in [0.5, 0.6) is 0 Å². The first-order valence-electron chi connectivity index (χ1n) is 5.59. The van der Waals surface area contributed by atoms with Crippen LogP contribution in [0.15, 0.2) is 16.6 Å². The molecule has 0 saturated heterocycles. The molecule has 1 unspecified atom stereocenters. The van der Waals surface area contributed by atoms with E-state index >= 15 is 0 Å². The van der Waals surface area contributed by atoms with Crippen LogP contribution in [0.3, 0.4) is 0 Å². The minimum Gasteiger partial charge on any atom is -0.383 e. The van der Waals surface area contributed by atoms with Crippen molar-refractivity contribution in [3.05, 3.63) is 33.3 Å². The van der Waals surface area contributed by atoms with Crippen LogP contribution < -0.4 is 5.32 Å². The van der Waals surface area contributed by atoms with Gasteiger partial charge in [-0.15, -0.1) is 0 Å². The van der Waals surface area contributed by atoms with Crippen LogP contribution in [0.25, 0.3) is 0 Å². The number of hydrogen-bond acceptors (Lipinski definition) is 2. The molecule has 1 N–H and O–H groups in total. The first-order chi connectivity index (χ1) is 7.60. The van der Waals surface area contributed by atoms with Crippen molar-refractivity contribution in [1.29, 1.82) is 0 Å². The van der Waals surface area contributed by atoms with Crippen molar-refractivity contribution in [1.82, 2.24) is 5.32 Å². The molecule has 0 fully saturated rings. The fraction of sp³-hybridized carbons (Fsp3) is 0.538. The summed E-state index contributed by atoms with van der Waals surface area (Å²) in [5.74, 6) is 0. The number of likely N-dealkylation sites (N-methyl/N-ethyl adjacent to an activating group) is 1. The lowest BCUT2D eigenvalue weighted by Gasteiger charge is -2.19. The summed E-state index contributed by atoms with van der Waals surface area (Å²) in [4.78, 5) is 0. The maximum Gasteiger partial charge on any atom is 0.0657 e. The molecule has 0 spiro atoms. The molecule has 1 atom stereocenters. The Balaban J connectivity index is 3.00. The lowest BCUT2D eigenvalue weighted by Crippen LogP contribution is -2.25. The Kier molecular flexibility index (Phi) is 5.46. The Bertz CT molecular complexity index is 323. The third-order valence-corrected chi connectivity index (χ3v) is 3.90. The van der Waals surface area contributed by atoms with Crippen LogP contribution in [0.4, 0.5) is 0 Å². The maximum atomic E-state index is 5.25. The van der Waals surface area contributed by atoms with Gasteiger partial charge in [-0.1, -0.05) is 35.0 Å². The second-order valence-corrected chi connectivity index (χ2v) is 4.83. The first kappa shape index (κ1) is 13.7. The molecule has 0 amide bonds. The molecule has 0 aromatic heterocycles. The van der Waals surface area contributed by atoms with Crippen LogP contribution in [0.1, 0.15) is 29.7 Å². The standard InChI is InChI=1S/C13H20BrNO/c1-5-15-12(8-16-4)11-6-9(2)13(14)10(3)7-11/h6-7,12,15H,5,8H2,1-4H3. The van der Waals surface area contributed by atoms with E-state index in [0.717, 1.165) is 6.54 Å². The second-order valence-electron chi connectivity index (χ2n) is 4.03. The molecule has 0 aliphatic rings. The van der Waals surface area contributed by atoms with Gasteiger partial charge in [-0.05, 0) is 37.1 Å². The molecule has 0 radical (unpaired) electrons. The van der Waals surface area contributed by atoms with Gasteiger partial charge >= 0.3 is 0 Å². The molecule has 0 bridgehead atoms. The molecule has 1 rings (SSSR count). The van der Waals surface area contributed by atoms with Crippen molar-refractivity contribution in [3.8, 4) is 0 Å². The fourth-order valence-electron chi connectivity index (χ4n) is 1.87. The molecule has 3 heteroatoms. The van der Waals surface area contributed by atoms with E-state index in [1.54, 1.807) is 7.11 Å². The highest BCUT2D eigenvalue weighted by Gasteiger charge is 2.12. The zero-order valence-electron chi connectivity index (χ0n) is 10.4. The minimum absolute atomic E-state index is 0.278. The Morgan fingerprint density at radius 2 is 1.88 bits per heavy atom. The third-order valence-electron chi connectivity index (χ3n) is 2.65. The topological polar surface area (TPSA) is 21.3 Å². The number of rotatable bonds is 5. The molecule has 90 valence electrons. The molecule has 0 heterocycles. The van der Waals surface area contributed by atoms with Gasteiger partial charge in [0, 0.05) is 11.6 Å². The van der Waals surface area contributed by atoms with E-state index in [9.17, 15) is 0 Å². The molecule has 0 aliphatic heterocycles. The first-order valence-corrected chi connectivity index (χ1v) is 6.38. The largest absolute Gasteiger partial charge is 0.383 e. The smallest absolute Gasteiger partial charge is 0.0657 e. The van der Waals surface area contributed by atoms with Gasteiger partial charge in [0.05, 0.1) is 12.6 Å². The van der Waals surface area contributed by atoms with Gasteiger partial charge < -0.3 is 10.1 Å². The fourth-order valence-corrected chi connectivity index (χ4v) is 2.10. The maximum absolute atomic E-state index is 5.25. The van der Waals surface area contributed by atoms with Gasteiger partial charge in [0.1, 0.15) is 0 Å². The van der Waals surface area contributed by atoms with Crippen LogP contribution in [0, 0.1) is 13.8 Å². The lowest BCUT2D eigenvalue weighted by molar-refractivity contribution is 0.168. The second kappa shape index (κ2) is 6.38. The zero-order valence-corrected chi connectivity index (χ0v) is 12.0. The normalized spacial score (nSPS) is 12.8. The summed E-state index contributed by atoms with van der Waals surface area (Å²) in [5, 5.41) is 3.43. The van der Waals surface area contributed by atoms with Crippen molar-refractivity contribution in [3.63, 3.8) is 0 Å². The average molecular weight is 286 g/mol.